The van der Waals surface area contributed by atoms with E-state index >= 15 is 0 Å². The lowest BCUT2D eigenvalue weighted by Crippen LogP contribution is -2.40. The zero-order valence-corrected chi connectivity index (χ0v) is 19.9. The summed E-state index contributed by atoms with van der Waals surface area (Å²) < 4.78 is 33.4. The van der Waals surface area contributed by atoms with Gasteiger partial charge in [0.1, 0.15) is 0 Å². The minimum atomic E-state index is -3.81. The third-order valence-corrected chi connectivity index (χ3v) is 6.32. The molecule has 162 valence electrons. The Morgan fingerprint density at radius 2 is 1.73 bits per heavy atom. The second-order valence-corrected chi connectivity index (χ2v) is 10.5. The smallest absolute Gasteiger partial charge is 0.338 e. The molecule has 2 N–H and O–H groups in total. The Balaban J connectivity index is 2.10. The summed E-state index contributed by atoms with van der Waals surface area (Å²) >= 11 is 3.36. The number of hydrogen-bond donors (Lipinski definition) is 2. The average Bonchev–Trinajstić information content (AvgIpc) is 2.60. The van der Waals surface area contributed by atoms with Crippen LogP contribution >= 0.6 is 15.9 Å². The third-order valence-electron chi connectivity index (χ3n) is 3.91. The molecule has 1 amide bonds. The largest absolute Gasteiger partial charge is 0.452 e. The highest BCUT2D eigenvalue weighted by atomic mass is 79.9. The van der Waals surface area contributed by atoms with E-state index in [0.29, 0.717) is 15.7 Å². The number of esters is 1. The van der Waals surface area contributed by atoms with Gasteiger partial charge in [-0.15, -0.1) is 0 Å². The number of ether oxygens (including phenoxy) is 1. The van der Waals surface area contributed by atoms with E-state index in [1.807, 2.05) is 19.1 Å². The summed E-state index contributed by atoms with van der Waals surface area (Å²) in [5.41, 5.74) is 1.52. The van der Waals surface area contributed by atoms with Gasteiger partial charge in [-0.3, -0.25) is 4.79 Å². The fourth-order valence-electron chi connectivity index (χ4n) is 2.57. The molecule has 0 radical (unpaired) electrons. The summed E-state index contributed by atoms with van der Waals surface area (Å²) in [6, 6.07) is 9.62. The number of carbonyl (C=O) groups excluding carboxylic acids is 2. The number of benzene rings is 2. The molecule has 0 aromatic heterocycles. The molecule has 0 saturated carbocycles. The minimum absolute atomic E-state index is 0.0528. The number of anilines is 1. The molecule has 0 heterocycles. The van der Waals surface area contributed by atoms with Crippen LogP contribution in [0.1, 0.15) is 42.3 Å². The maximum Gasteiger partial charge on any atom is 0.338 e. The molecule has 2 aromatic carbocycles. The normalized spacial score (nSPS) is 11.8. The van der Waals surface area contributed by atoms with Crippen molar-refractivity contribution in [2.45, 2.75) is 45.1 Å². The molecule has 7 nitrogen and oxygen atoms in total. The topological polar surface area (TPSA) is 102 Å². The van der Waals surface area contributed by atoms with Crippen molar-refractivity contribution in [3.63, 3.8) is 0 Å². The van der Waals surface area contributed by atoms with Crippen LogP contribution < -0.4 is 10.0 Å². The Bertz CT molecular complexity index is 1080. The second kappa shape index (κ2) is 9.28. The fourth-order valence-corrected chi connectivity index (χ4v) is 4.60. The summed E-state index contributed by atoms with van der Waals surface area (Å²) in [5, 5.41) is 2.65. The molecule has 0 aliphatic rings. The minimum Gasteiger partial charge on any atom is -0.452 e. The van der Waals surface area contributed by atoms with Gasteiger partial charge in [-0.1, -0.05) is 12.1 Å². The molecule has 9 heteroatoms. The third kappa shape index (κ3) is 6.65. The van der Waals surface area contributed by atoms with Gasteiger partial charge in [-0.25, -0.2) is 17.9 Å². The molecule has 30 heavy (non-hydrogen) atoms. The maximum atomic E-state index is 12.5. The Morgan fingerprint density at radius 1 is 1.07 bits per heavy atom. The molecule has 0 saturated heterocycles. The summed E-state index contributed by atoms with van der Waals surface area (Å²) in [6.07, 6.45) is 0. The Labute approximate surface area is 185 Å². The first-order valence-corrected chi connectivity index (χ1v) is 11.4. The summed E-state index contributed by atoms with van der Waals surface area (Å²) in [6.45, 7) is 8.24. The molecule has 0 aliphatic carbocycles. The summed E-state index contributed by atoms with van der Waals surface area (Å²) in [7, 11) is -3.81. The lowest BCUT2D eigenvalue weighted by atomic mass is 10.1. The van der Waals surface area contributed by atoms with Crippen molar-refractivity contribution >= 4 is 43.5 Å². The molecule has 0 spiro atoms. The molecule has 2 rings (SSSR count). The van der Waals surface area contributed by atoms with Crippen molar-refractivity contribution in [3.05, 3.63) is 57.6 Å². The van der Waals surface area contributed by atoms with Crippen molar-refractivity contribution < 1.29 is 22.7 Å². The first-order chi connectivity index (χ1) is 13.8. The van der Waals surface area contributed by atoms with E-state index in [0.717, 1.165) is 5.56 Å². The predicted molar refractivity (Wildman–Crippen MR) is 119 cm³/mol. The van der Waals surface area contributed by atoms with Crippen LogP contribution in [0.4, 0.5) is 5.69 Å². The van der Waals surface area contributed by atoms with Gasteiger partial charge in [0, 0.05) is 10.0 Å². The number of hydrogen-bond acceptors (Lipinski definition) is 5. The molecule has 0 atom stereocenters. The van der Waals surface area contributed by atoms with Crippen LogP contribution in [0.2, 0.25) is 0 Å². The molecule has 0 aliphatic heterocycles. The maximum absolute atomic E-state index is 12.5. The average molecular weight is 497 g/mol. The molecule has 0 unspecified atom stereocenters. The standard InChI is InChI=1S/C21H25BrN2O5S/c1-13-6-9-18(17(22)10-13)23-19(25)12-29-20(26)16-11-15(8-7-14(16)2)30(27,28)24-21(3,4)5/h6-11,24H,12H2,1-5H3,(H,23,25). The van der Waals surface area contributed by atoms with Gasteiger partial charge in [-0.2, -0.15) is 0 Å². The van der Waals surface area contributed by atoms with Crippen molar-refractivity contribution in [1.82, 2.24) is 4.72 Å². The van der Waals surface area contributed by atoms with Crippen LogP contribution in [0.5, 0.6) is 0 Å². The van der Waals surface area contributed by atoms with Crippen molar-refractivity contribution in [3.8, 4) is 0 Å². The van der Waals surface area contributed by atoms with Crippen LogP contribution in [-0.2, 0) is 19.6 Å². The van der Waals surface area contributed by atoms with Crippen LogP contribution in [0.15, 0.2) is 45.8 Å². The van der Waals surface area contributed by atoms with E-state index in [1.165, 1.54) is 18.2 Å². The van der Waals surface area contributed by atoms with E-state index < -0.39 is 34.0 Å². The number of amides is 1. The molecule has 2 aromatic rings. The molecule has 0 fully saturated rings. The van der Waals surface area contributed by atoms with Crippen LogP contribution in [0, 0.1) is 13.8 Å². The number of sulfonamides is 1. The Hall–Kier alpha value is -2.23. The van der Waals surface area contributed by atoms with Crippen molar-refractivity contribution in [2.24, 2.45) is 0 Å². The van der Waals surface area contributed by atoms with Gasteiger partial charge in [-0.05, 0) is 85.9 Å². The van der Waals surface area contributed by atoms with Gasteiger partial charge in [0.15, 0.2) is 6.61 Å². The lowest BCUT2D eigenvalue weighted by molar-refractivity contribution is -0.119. The van der Waals surface area contributed by atoms with Crippen LogP contribution in [0.3, 0.4) is 0 Å². The number of carbonyl (C=O) groups is 2. The number of rotatable bonds is 6. The SMILES string of the molecule is Cc1ccc(NC(=O)COC(=O)c2cc(S(=O)(=O)NC(C)(C)C)ccc2C)c(Br)c1. The van der Waals surface area contributed by atoms with E-state index in [2.05, 4.69) is 26.0 Å². The Morgan fingerprint density at radius 3 is 2.33 bits per heavy atom. The lowest BCUT2D eigenvalue weighted by Gasteiger charge is -2.20. The first-order valence-electron chi connectivity index (χ1n) is 9.16. The second-order valence-electron chi connectivity index (χ2n) is 7.94. The van der Waals surface area contributed by atoms with Crippen LogP contribution in [-0.4, -0.2) is 32.4 Å². The highest BCUT2D eigenvalue weighted by Crippen LogP contribution is 2.23. The van der Waals surface area contributed by atoms with E-state index in [-0.39, 0.29) is 10.5 Å². The quantitative estimate of drug-likeness (QED) is 0.589. The van der Waals surface area contributed by atoms with Crippen LogP contribution in [0.25, 0.3) is 0 Å². The molecule has 0 bridgehead atoms. The predicted octanol–water partition coefficient (Wildman–Crippen LogP) is 3.94. The van der Waals surface area contributed by atoms with Crippen molar-refractivity contribution in [1.29, 1.82) is 0 Å². The highest BCUT2D eigenvalue weighted by molar-refractivity contribution is 9.10. The monoisotopic (exact) mass is 496 g/mol. The van der Waals surface area contributed by atoms with Crippen molar-refractivity contribution in [2.75, 3.05) is 11.9 Å². The molecular formula is C21H25BrN2O5S. The highest BCUT2D eigenvalue weighted by Gasteiger charge is 2.24. The number of halogens is 1. The van der Waals surface area contributed by atoms with Gasteiger partial charge in [0.25, 0.3) is 5.91 Å². The zero-order valence-electron chi connectivity index (χ0n) is 17.5. The van der Waals surface area contributed by atoms with Gasteiger partial charge < -0.3 is 10.1 Å². The number of nitrogens with one attached hydrogen (secondary N) is 2. The first kappa shape index (κ1) is 24.0. The zero-order chi connectivity index (χ0) is 22.7. The summed E-state index contributed by atoms with van der Waals surface area (Å²) in [5.74, 6) is -1.29. The van der Waals surface area contributed by atoms with E-state index in [9.17, 15) is 18.0 Å². The van der Waals surface area contributed by atoms with E-state index in [1.54, 1.807) is 33.8 Å². The Kier molecular flexibility index (Phi) is 7.44. The number of aryl methyl sites for hydroxylation is 2. The van der Waals surface area contributed by atoms with Gasteiger partial charge >= 0.3 is 5.97 Å². The van der Waals surface area contributed by atoms with Gasteiger partial charge in [0.05, 0.1) is 16.1 Å². The fraction of sp³-hybridized carbons (Fsp3) is 0.333. The summed E-state index contributed by atoms with van der Waals surface area (Å²) in [4.78, 5) is 24.6. The molecular weight excluding hydrogens is 472 g/mol. The van der Waals surface area contributed by atoms with E-state index in [4.69, 9.17) is 4.74 Å². The van der Waals surface area contributed by atoms with Gasteiger partial charge in [0.2, 0.25) is 10.0 Å².